The molecule has 0 aromatic rings. The van der Waals surface area contributed by atoms with E-state index in [2.05, 4.69) is 4.31 Å². The number of rotatable bonds is 2. The zero-order valence-electron chi connectivity index (χ0n) is 6.21. The van der Waals surface area contributed by atoms with E-state index in [0.29, 0.717) is 0 Å². The first-order valence-corrected chi connectivity index (χ1v) is 4.04. The summed E-state index contributed by atoms with van der Waals surface area (Å²) in [6, 6.07) is 0. The molecule has 6 nitrogen and oxygen atoms in total. The van der Waals surface area contributed by atoms with Crippen molar-refractivity contribution in [1.82, 2.24) is 0 Å². The third kappa shape index (κ3) is 12.4. The molecule has 0 aromatic carbocycles. The van der Waals surface area contributed by atoms with Crippen molar-refractivity contribution in [3.05, 3.63) is 0 Å². The van der Waals surface area contributed by atoms with Crippen LogP contribution in [-0.2, 0) is 8.88 Å². The molecule has 0 rings (SSSR count). The SMILES string of the molecule is O=P(O)(O)OP(O)O.[H-].[H-].[Mg+2]. The summed E-state index contributed by atoms with van der Waals surface area (Å²) in [6.07, 6.45) is 0. The first-order valence-electron chi connectivity index (χ1n) is 1.35. The third-order valence-corrected chi connectivity index (χ3v) is 1.61. The van der Waals surface area contributed by atoms with Crippen LogP contribution in [0, 0.1) is 0 Å². The van der Waals surface area contributed by atoms with E-state index in [4.69, 9.17) is 19.6 Å². The predicted octanol–water partition coefficient (Wildman–Crippen LogP) is -0.849. The topological polar surface area (TPSA) is 107 Å². The fourth-order valence-electron chi connectivity index (χ4n) is 0.0951. The molecule has 0 bridgehead atoms. The molecule has 0 aliphatic heterocycles. The van der Waals surface area contributed by atoms with Crippen molar-refractivity contribution in [2.75, 3.05) is 0 Å². The summed E-state index contributed by atoms with van der Waals surface area (Å²) >= 11 is 0. The van der Waals surface area contributed by atoms with E-state index in [9.17, 15) is 4.57 Å². The van der Waals surface area contributed by atoms with E-state index in [-0.39, 0.29) is 25.9 Å². The van der Waals surface area contributed by atoms with Crippen molar-refractivity contribution < 1.29 is 31.3 Å². The second kappa shape index (κ2) is 4.95. The van der Waals surface area contributed by atoms with Gasteiger partial charge in [0.25, 0.3) is 0 Å². The molecular weight excluding hydrogens is 182 g/mol. The molecular formula is H6MgO6P2. The van der Waals surface area contributed by atoms with E-state index in [0.717, 1.165) is 0 Å². The quantitative estimate of drug-likeness (QED) is 0.332. The van der Waals surface area contributed by atoms with Gasteiger partial charge in [-0.2, -0.15) is 0 Å². The van der Waals surface area contributed by atoms with Crippen LogP contribution < -0.4 is 0 Å². The van der Waals surface area contributed by atoms with Crippen molar-refractivity contribution in [3.8, 4) is 0 Å². The molecule has 0 aliphatic rings. The molecule has 0 aliphatic carbocycles. The van der Waals surface area contributed by atoms with E-state index in [1.165, 1.54) is 0 Å². The maximum atomic E-state index is 9.61. The Morgan fingerprint density at radius 3 is 1.78 bits per heavy atom. The third-order valence-electron chi connectivity index (χ3n) is 0.179. The minimum absolute atomic E-state index is 0. The van der Waals surface area contributed by atoms with E-state index < -0.39 is 16.4 Å². The first kappa shape index (κ1) is 12.9. The largest absolute Gasteiger partial charge is 2.00 e. The van der Waals surface area contributed by atoms with Crippen molar-refractivity contribution in [3.63, 3.8) is 0 Å². The van der Waals surface area contributed by atoms with Crippen LogP contribution in [-0.4, -0.2) is 42.6 Å². The van der Waals surface area contributed by atoms with Crippen molar-refractivity contribution >= 4 is 39.5 Å². The van der Waals surface area contributed by atoms with Crippen molar-refractivity contribution in [2.45, 2.75) is 0 Å². The van der Waals surface area contributed by atoms with E-state index in [1.807, 2.05) is 0 Å². The molecule has 9 heteroatoms. The van der Waals surface area contributed by atoms with Crippen LogP contribution in [0.1, 0.15) is 2.85 Å². The van der Waals surface area contributed by atoms with Crippen LogP contribution in [0.15, 0.2) is 0 Å². The summed E-state index contributed by atoms with van der Waals surface area (Å²) in [6.45, 7) is 0. The molecule has 0 heterocycles. The van der Waals surface area contributed by atoms with Gasteiger partial charge in [0.2, 0.25) is 0 Å². The average molecular weight is 188 g/mol. The normalized spacial score (nSPS) is 11.2. The summed E-state index contributed by atoms with van der Waals surface area (Å²) < 4.78 is 12.9. The molecule has 9 heavy (non-hydrogen) atoms. The molecule has 0 spiro atoms. The minimum atomic E-state index is -4.69. The van der Waals surface area contributed by atoms with Crippen molar-refractivity contribution in [2.24, 2.45) is 0 Å². The molecule has 0 atom stereocenters. The van der Waals surface area contributed by atoms with Gasteiger partial charge in [-0.15, -0.1) is 0 Å². The summed E-state index contributed by atoms with van der Waals surface area (Å²) in [5.41, 5.74) is 0. The summed E-state index contributed by atoms with van der Waals surface area (Å²) in [5, 5.41) is 0. The molecule has 4 N–H and O–H groups in total. The molecule has 0 saturated carbocycles. The average Bonchev–Trinajstić information content (AvgIpc) is 1.21. The van der Waals surface area contributed by atoms with Crippen LogP contribution in [0.2, 0.25) is 0 Å². The summed E-state index contributed by atoms with van der Waals surface area (Å²) in [4.78, 5) is 31.1. The van der Waals surface area contributed by atoms with Gasteiger partial charge in [-0.05, 0) is 0 Å². The monoisotopic (exact) mass is 188 g/mol. The molecule has 0 aromatic heterocycles. The summed E-state index contributed by atoms with van der Waals surface area (Å²) in [5.74, 6) is 0. The molecule has 0 saturated heterocycles. The van der Waals surface area contributed by atoms with E-state index in [1.54, 1.807) is 0 Å². The van der Waals surface area contributed by atoms with Crippen LogP contribution in [0.3, 0.4) is 0 Å². The van der Waals surface area contributed by atoms with Crippen LogP contribution in [0.25, 0.3) is 0 Å². The second-order valence-corrected chi connectivity index (χ2v) is 2.96. The van der Waals surface area contributed by atoms with Gasteiger partial charge in [-0.3, -0.25) is 0 Å². The fourth-order valence-corrected chi connectivity index (χ4v) is 0.856. The molecule has 0 amide bonds. The Hall–Kier alpha value is 1.23. The Bertz CT molecular complexity index is 111. The molecule has 0 unspecified atom stereocenters. The second-order valence-electron chi connectivity index (χ2n) is 0.825. The van der Waals surface area contributed by atoms with Crippen LogP contribution >= 0.6 is 16.4 Å². The van der Waals surface area contributed by atoms with E-state index >= 15 is 0 Å². The van der Waals surface area contributed by atoms with Gasteiger partial charge in [-0.1, -0.05) is 0 Å². The Labute approximate surface area is 71.2 Å². The maximum absolute atomic E-state index is 9.61. The molecule has 0 fully saturated rings. The molecule has 54 valence electrons. The smallest absolute Gasteiger partial charge is 1.00 e. The zero-order chi connectivity index (χ0) is 6.78. The van der Waals surface area contributed by atoms with Crippen LogP contribution in [0.5, 0.6) is 0 Å². The first-order chi connectivity index (χ1) is 3.42. The fraction of sp³-hybridized carbons (Fsp3) is 0. The van der Waals surface area contributed by atoms with Gasteiger partial charge >= 0.3 is 39.5 Å². The Balaban J connectivity index is -0.0000000817. The Morgan fingerprint density at radius 2 is 1.78 bits per heavy atom. The number of hydrogen-bond acceptors (Lipinski definition) is 4. The van der Waals surface area contributed by atoms with Crippen molar-refractivity contribution in [1.29, 1.82) is 0 Å². The van der Waals surface area contributed by atoms with Gasteiger partial charge in [0.1, 0.15) is 0 Å². The Morgan fingerprint density at radius 1 is 1.44 bits per heavy atom. The van der Waals surface area contributed by atoms with Crippen LogP contribution in [0.4, 0.5) is 0 Å². The predicted molar refractivity (Wildman–Crippen MR) is 32.5 cm³/mol. The van der Waals surface area contributed by atoms with Gasteiger partial charge in [-0.25, -0.2) is 8.88 Å². The minimum Gasteiger partial charge on any atom is -1.00 e. The standard InChI is InChI=1S/Mg.H4O6P2.2H/c;1-7(2)6-8(3,4)5;;/h;1-2H,(H2,3,4,5);;/q+2;;2*-1. The van der Waals surface area contributed by atoms with Gasteiger partial charge in [0.15, 0.2) is 0 Å². The van der Waals surface area contributed by atoms with Gasteiger partial charge < -0.3 is 22.4 Å². The molecule has 0 radical (unpaired) electrons. The van der Waals surface area contributed by atoms with Gasteiger partial charge in [0.05, 0.1) is 0 Å². The summed E-state index contributed by atoms with van der Waals surface area (Å²) in [7, 11) is -7.64. The number of hydrogen-bond donors (Lipinski definition) is 4. The zero-order valence-corrected chi connectivity index (χ0v) is 7.41. The van der Waals surface area contributed by atoms with Gasteiger partial charge in [0, 0.05) is 0 Å². The Kier molecular flexibility index (Phi) is 7.08. The number of phosphoric acid groups is 1. The maximum Gasteiger partial charge on any atom is 2.00 e.